The van der Waals surface area contributed by atoms with Crippen molar-refractivity contribution in [3.63, 3.8) is 0 Å². The van der Waals surface area contributed by atoms with Crippen molar-refractivity contribution in [2.75, 3.05) is 17.6 Å². The summed E-state index contributed by atoms with van der Waals surface area (Å²) in [6, 6.07) is 14.7. The van der Waals surface area contributed by atoms with Crippen LogP contribution in [0.4, 0.5) is 16.2 Å². The molecule has 0 amide bonds. The largest absolute Gasteiger partial charge is 0.370 e. The molecular weight excluding hydrogens is 315 g/mol. The molecule has 0 radical (unpaired) electrons. The Morgan fingerprint density at radius 2 is 1.64 bits per heavy atom. The average Bonchev–Trinajstić information content (AvgIpc) is 2.55. The lowest BCUT2D eigenvalue weighted by atomic mass is 10.0. The van der Waals surface area contributed by atoms with Gasteiger partial charge >= 0.3 is 0 Å². The van der Waals surface area contributed by atoms with Crippen molar-refractivity contribution in [1.82, 2.24) is 9.97 Å². The van der Waals surface area contributed by atoms with Crippen LogP contribution in [0.25, 0.3) is 11.3 Å². The Bertz CT molecular complexity index is 855. The third kappa shape index (κ3) is 4.53. The number of rotatable bonds is 5. The van der Waals surface area contributed by atoms with Crippen molar-refractivity contribution in [2.45, 2.75) is 20.3 Å². The highest BCUT2D eigenvalue weighted by atomic mass is 19.1. The molecule has 3 aromatic rings. The van der Waals surface area contributed by atoms with Gasteiger partial charge in [-0.2, -0.15) is 4.98 Å². The lowest BCUT2D eigenvalue weighted by Gasteiger charge is -2.10. The minimum absolute atomic E-state index is 0.224. The fraction of sp³-hybridized carbons (Fsp3) is 0.200. The van der Waals surface area contributed by atoms with E-state index in [1.54, 1.807) is 12.1 Å². The predicted molar refractivity (Wildman–Crippen MR) is 99.9 cm³/mol. The number of benzene rings is 2. The minimum atomic E-state index is -0.224. The first kappa shape index (κ1) is 16.9. The number of nitrogens with two attached hydrogens (primary N) is 1. The molecule has 2 aromatic carbocycles. The van der Waals surface area contributed by atoms with Crippen LogP contribution < -0.4 is 11.1 Å². The Balaban J connectivity index is 1.74. The van der Waals surface area contributed by atoms with E-state index in [0.717, 1.165) is 23.2 Å². The summed E-state index contributed by atoms with van der Waals surface area (Å²) in [5.41, 5.74) is 11.1. The van der Waals surface area contributed by atoms with E-state index in [4.69, 9.17) is 5.73 Å². The Morgan fingerprint density at radius 3 is 2.32 bits per heavy atom. The molecule has 0 saturated heterocycles. The highest BCUT2D eigenvalue weighted by Crippen LogP contribution is 2.23. The number of nitrogens with zero attached hydrogens (tertiary/aromatic N) is 2. The second kappa shape index (κ2) is 7.30. The highest BCUT2D eigenvalue weighted by Gasteiger charge is 2.06. The topological polar surface area (TPSA) is 63.8 Å². The zero-order valence-electron chi connectivity index (χ0n) is 14.4. The molecule has 0 atom stereocenters. The van der Waals surface area contributed by atoms with Gasteiger partial charge in [-0.15, -0.1) is 0 Å². The molecule has 3 N–H and O–H groups in total. The van der Waals surface area contributed by atoms with Crippen LogP contribution in [0, 0.1) is 19.7 Å². The standard InChI is InChI=1S/C20H21FN4/c1-13-9-14(2)11-16(10-13)18-12-19(25-20(22)24-18)23-8-7-15-3-5-17(21)6-4-15/h3-6,9-12H,7-8H2,1-2H3,(H3,22,23,24,25). The number of aryl methyl sites for hydroxylation is 2. The molecule has 0 bridgehead atoms. The van der Waals surface area contributed by atoms with Crippen LogP contribution in [0.15, 0.2) is 48.5 Å². The van der Waals surface area contributed by atoms with Gasteiger partial charge in [0, 0.05) is 18.2 Å². The van der Waals surface area contributed by atoms with Crippen LogP contribution in [0.2, 0.25) is 0 Å². The fourth-order valence-corrected chi connectivity index (χ4v) is 2.81. The Hall–Kier alpha value is -2.95. The summed E-state index contributed by atoms with van der Waals surface area (Å²) >= 11 is 0. The predicted octanol–water partition coefficient (Wildman–Crippen LogP) is 4.14. The van der Waals surface area contributed by atoms with E-state index >= 15 is 0 Å². The summed E-state index contributed by atoms with van der Waals surface area (Å²) in [6.07, 6.45) is 0.767. The second-order valence-electron chi connectivity index (χ2n) is 6.18. The Kier molecular flexibility index (Phi) is 4.93. The second-order valence-corrected chi connectivity index (χ2v) is 6.18. The lowest BCUT2D eigenvalue weighted by Crippen LogP contribution is -2.08. The average molecular weight is 336 g/mol. The van der Waals surface area contributed by atoms with E-state index < -0.39 is 0 Å². The maximum Gasteiger partial charge on any atom is 0.222 e. The molecule has 128 valence electrons. The monoisotopic (exact) mass is 336 g/mol. The van der Waals surface area contributed by atoms with Crippen LogP contribution >= 0.6 is 0 Å². The summed E-state index contributed by atoms with van der Waals surface area (Å²) in [4.78, 5) is 8.59. The van der Waals surface area contributed by atoms with E-state index in [0.29, 0.717) is 12.4 Å². The lowest BCUT2D eigenvalue weighted by molar-refractivity contribution is 0.627. The molecule has 0 unspecified atom stereocenters. The number of nitrogen functional groups attached to an aromatic ring is 1. The molecular formula is C20H21FN4. The van der Waals surface area contributed by atoms with Crippen molar-refractivity contribution < 1.29 is 4.39 Å². The molecule has 5 heteroatoms. The molecule has 0 aliphatic carbocycles. The normalized spacial score (nSPS) is 10.7. The van der Waals surface area contributed by atoms with Gasteiger partial charge in [0.1, 0.15) is 11.6 Å². The number of hydrogen-bond acceptors (Lipinski definition) is 4. The Labute approximate surface area is 146 Å². The third-order valence-corrected chi connectivity index (χ3v) is 3.89. The van der Waals surface area contributed by atoms with Gasteiger partial charge in [-0.05, 0) is 50.1 Å². The molecule has 0 fully saturated rings. The van der Waals surface area contributed by atoms with Gasteiger partial charge in [-0.25, -0.2) is 9.37 Å². The molecule has 0 aliphatic heterocycles. The van der Waals surface area contributed by atoms with Crippen molar-refractivity contribution >= 4 is 11.8 Å². The van der Waals surface area contributed by atoms with E-state index in [2.05, 4.69) is 47.3 Å². The number of halogens is 1. The van der Waals surface area contributed by atoms with E-state index in [1.807, 2.05) is 6.07 Å². The summed E-state index contributed by atoms with van der Waals surface area (Å²) in [6.45, 7) is 4.79. The van der Waals surface area contributed by atoms with Crippen LogP contribution in [-0.2, 0) is 6.42 Å². The van der Waals surface area contributed by atoms with Gasteiger partial charge in [0.25, 0.3) is 0 Å². The van der Waals surface area contributed by atoms with Gasteiger partial charge in [0.05, 0.1) is 5.69 Å². The van der Waals surface area contributed by atoms with Crippen molar-refractivity contribution in [1.29, 1.82) is 0 Å². The fourth-order valence-electron chi connectivity index (χ4n) is 2.81. The number of hydrogen-bond donors (Lipinski definition) is 2. The first-order chi connectivity index (χ1) is 12.0. The van der Waals surface area contributed by atoms with E-state index in [-0.39, 0.29) is 11.8 Å². The van der Waals surface area contributed by atoms with Crippen molar-refractivity contribution in [3.05, 3.63) is 71.0 Å². The van der Waals surface area contributed by atoms with Crippen LogP contribution in [0.5, 0.6) is 0 Å². The van der Waals surface area contributed by atoms with Crippen molar-refractivity contribution in [2.24, 2.45) is 0 Å². The van der Waals surface area contributed by atoms with E-state index in [9.17, 15) is 4.39 Å². The first-order valence-electron chi connectivity index (χ1n) is 8.21. The first-order valence-corrected chi connectivity index (χ1v) is 8.21. The molecule has 0 spiro atoms. The molecule has 4 nitrogen and oxygen atoms in total. The summed E-state index contributed by atoms with van der Waals surface area (Å²) in [5, 5.41) is 3.26. The zero-order valence-corrected chi connectivity index (χ0v) is 14.4. The van der Waals surface area contributed by atoms with Crippen LogP contribution in [0.3, 0.4) is 0 Å². The molecule has 1 heterocycles. The number of nitrogens with one attached hydrogen (secondary N) is 1. The molecule has 0 aliphatic rings. The third-order valence-electron chi connectivity index (χ3n) is 3.89. The molecule has 3 rings (SSSR count). The minimum Gasteiger partial charge on any atom is -0.370 e. The highest BCUT2D eigenvalue weighted by molar-refractivity contribution is 5.65. The maximum absolute atomic E-state index is 12.9. The van der Waals surface area contributed by atoms with Crippen LogP contribution in [0.1, 0.15) is 16.7 Å². The maximum atomic E-state index is 12.9. The van der Waals surface area contributed by atoms with Crippen LogP contribution in [-0.4, -0.2) is 16.5 Å². The number of anilines is 2. The van der Waals surface area contributed by atoms with E-state index in [1.165, 1.54) is 23.3 Å². The van der Waals surface area contributed by atoms with Gasteiger partial charge in [-0.3, -0.25) is 0 Å². The number of aromatic nitrogens is 2. The molecule has 1 aromatic heterocycles. The Morgan fingerprint density at radius 1 is 0.960 bits per heavy atom. The van der Waals surface area contributed by atoms with Gasteiger partial charge in [-0.1, -0.05) is 29.3 Å². The van der Waals surface area contributed by atoms with Gasteiger partial charge in [0.15, 0.2) is 0 Å². The molecule has 0 saturated carbocycles. The summed E-state index contributed by atoms with van der Waals surface area (Å²) < 4.78 is 12.9. The smallest absolute Gasteiger partial charge is 0.222 e. The zero-order chi connectivity index (χ0) is 17.8. The SMILES string of the molecule is Cc1cc(C)cc(-c2cc(NCCc3ccc(F)cc3)nc(N)n2)c1. The van der Waals surface area contributed by atoms with Gasteiger partial charge in [0.2, 0.25) is 5.95 Å². The molecule has 25 heavy (non-hydrogen) atoms. The summed E-state index contributed by atoms with van der Waals surface area (Å²) in [7, 11) is 0. The van der Waals surface area contributed by atoms with Gasteiger partial charge < -0.3 is 11.1 Å². The summed E-state index contributed by atoms with van der Waals surface area (Å²) in [5.74, 6) is 0.697. The van der Waals surface area contributed by atoms with Crippen molar-refractivity contribution in [3.8, 4) is 11.3 Å². The quantitative estimate of drug-likeness (QED) is 0.735.